The van der Waals surface area contributed by atoms with Gasteiger partial charge in [0.05, 0.1) is 0 Å². The summed E-state index contributed by atoms with van der Waals surface area (Å²) in [5, 5.41) is 0. The molecular weight excluding hydrogens is 284 g/mol. The molecule has 0 atom stereocenters. The zero-order chi connectivity index (χ0) is 16.5. The molecular formula is C17H21F2N3. The van der Waals surface area contributed by atoms with Gasteiger partial charge in [0.2, 0.25) is 0 Å². The highest BCUT2D eigenvalue weighted by Crippen LogP contribution is 2.29. The van der Waals surface area contributed by atoms with Crippen molar-refractivity contribution in [2.75, 3.05) is 5.73 Å². The fraction of sp³-hybridized carbons (Fsp3) is 0.412. The van der Waals surface area contributed by atoms with Crippen LogP contribution in [0.4, 0.5) is 14.6 Å². The first-order chi connectivity index (χ1) is 10.2. The number of nitrogens with two attached hydrogens (primary N) is 1. The first-order valence-corrected chi connectivity index (χ1v) is 7.29. The summed E-state index contributed by atoms with van der Waals surface area (Å²) in [6, 6.07) is 7.61. The van der Waals surface area contributed by atoms with E-state index in [2.05, 4.69) is 30.7 Å². The van der Waals surface area contributed by atoms with Gasteiger partial charge < -0.3 is 5.73 Å². The van der Waals surface area contributed by atoms with E-state index in [1.165, 1.54) is 0 Å². The fourth-order valence-electron chi connectivity index (χ4n) is 2.31. The lowest BCUT2D eigenvalue weighted by molar-refractivity contribution is 0.145. The molecule has 0 saturated carbocycles. The first kappa shape index (κ1) is 16.3. The predicted octanol–water partition coefficient (Wildman–Crippen LogP) is 4.52. The number of halogens is 2. The van der Waals surface area contributed by atoms with Crippen molar-refractivity contribution in [1.29, 1.82) is 0 Å². The van der Waals surface area contributed by atoms with Crippen LogP contribution in [0.3, 0.4) is 0 Å². The van der Waals surface area contributed by atoms with E-state index >= 15 is 0 Å². The topological polar surface area (TPSA) is 51.8 Å². The highest BCUT2D eigenvalue weighted by atomic mass is 19.3. The smallest absolute Gasteiger partial charge is 0.280 e. The van der Waals surface area contributed by atoms with Crippen LogP contribution in [0.2, 0.25) is 0 Å². The molecule has 0 radical (unpaired) electrons. The van der Waals surface area contributed by atoms with Crippen molar-refractivity contribution in [3.63, 3.8) is 0 Å². The molecule has 3 nitrogen and oxygen atoms in total. The maximum Gasteiger partial charge on any atom is 0.280 e. The van der Waals surface area contributed by atoms with Gasteiger partial charge in [-0.1, -0.05) is 52.0 Å². The summed E-state index contributed by atoms with van der Waals surface area (Å²) in [4.78, 5) is 8.21. The summed E-state index contributed by atoms with van der Waals surface area (Å²) in [5.74, 6) is 0.369. The van der Waals surface area contributed by atoms with E-state index in [1.807, 2.05) is 24.3 Å². The van der Waals surface area contributed by atoms with Crippen LogP contribution in [0.25, 0.3) is 11.4 Å². The largest absolute Gasteiger partial charge is 0.383 e. The summed E-state index contributed by atoms with van der Waals surface area (Å²) in [6.45, 7) is 8.10. The molecule has 0 aliphatic carbocycles. The van der Waals surface area contributed by atoms with Crippen molar-refractivity contribution in [2.45, 2.75) is 46.0 Å². The molecule has 5 heteroatoms. The minimum Gasteiger partial charge on any atom is -0.383 e. The number of benzene rings is 1. The molecule has 118 valence electrons. The highest BCUT2D eigenvalue weighted by Gasteiger charge is 2.20. The minimum absolute atomic E-state index is 0.0264. The van der Waals surface area contributed by atoms with Crippen LogP contribution < -0.4 is 5.73 Å². The Bertz CT molecular complexity index is 659. The molecule has 1 heterocycles. The van der Waals surface area contributed by atoms with Gasteiger partial charge in [0, 0.05) is 11.1 Å². The van der Waals surface area contributed by atoms with Gasteiger partial charge in [-0.25, -0.2) is 18.7 Å². The zero-order valence-corrected chi connectivity index (χ0v) is 13.3. The Hall–Kier alpha value is -2.04. The van der Waals surface area contributed by atoms with Crippen molar-refractivity contribution >= 4 is 5.82 Å². The molecule has 1 aromatic carbocycles. The SMILES string of the molecule is CCc1c(N)nc(-c2ccc(C(C)(C)C)cc2)nc1C(F)F. The molecule has 0 fully saturated rings. The second kappa shape index (κ2) is 5.99. The van der Waals surface area contributed by atoms with E-state index in [-0.39, 0.29) is 22.8 Å². The Balaban J connectivity index is 2.49. The van der Waals surface area contributed by atoms with Crippen molar-refractivity contribution in [3.05, 3.63) is 41.1 Å². The minimum atomic E-state index is -2.66. The summed E-state index contributed by atoms with van der Waals surface area (Å²) in [6.07, 6.45) is -2.28. The Labute approximate surface area is 129 Å². The lowest BCUT2D eigenvalue weighted by Crippen LogP contribution is -2.11. The molecule has 22 heavy (non-hydrogen) atoms. The van der Waals surface area contributed by atoms with Gasteiger partial charge in [-0.2, -0.15) is 0 Å². The number of nitrogen functional groups attached to an aromatic ring is 1. The number of nitrogens with zero attached hydrogens (tertiary/aromatic N) is 2. The van der Waals surface area contributed by atoms with Gasteiger partial charge in [0.1, 0.15) is 11.5 Å². The lowest BCUT2D eigenvalue weighted by Gasteiger charge is -2.19. The average Bonchev–Trinajstić information content (AvgIpc) is 2.45. The second-order valence-corrected chi connectivity index (χ2v) is 6.28. The van der Waals surface area contributed by atoms with Gasteiger partial charge in [0.15, 0.2) is 5.82 Å². The third-order valence-electron chi connectivity index (χ3n) is 3.64. The number of anilines is 1. The molecule has 0 bridgehead atoms. The normalized spacial score (nSPS) is 12.0. The van der Waals surface area contributed by atoms with Gasteiger partial charge in [-0.05, 0) is 17.4 Å². The zero-order valence-electron chi connectivity index (χ0n) is 13.3. The van der Waals surface area contributed by atoms with E-state index in [1.54, 1.807) is 6.92 Å². The number of hydrogen-bond acceptors (Lipinski definition) is 3. The van der Waals surface area contributed by atoms with Crippen LogP contribution in [0.15, 0.2) is 24.3 Å². The monoisotopic (exact) mass is 305 g/mol. The third-order valence-corrected chi connectivity index (χ3v) is 3.64. The number of hydrogen-bond donors (Lipinski definition) is 1. The van der Waals surface area contributed by atoms with Crippen molar-refractivity contribution in [3.8, 4) is 11.4 Å². The standard InChI is InChI=1S/C17H21F2N3/c1-5-12-13(14(18)19)21-16(22-15(12)20)10-6-8-11(9-7-10)17(2,3)4/h6-9,14H,5H2,1-4H3,(H2,20,21,22). The summed E-state index contributed by atoms with van der Waals surface area (Å²) < 4.78 is 26.3. The van der Waals surface area contributed by atoms with Crippen molar-refractivity contribution < 1.29 is 8.78 Å². The van der Waals surface area contributed by atoms with Crippen LogP contribution >= 0.6 is 0 Å². The number of alkyl halides is 2. The van der Waals surface area contributed by atoms with Gasteiger partial charge in [-0.3, -0.25) is 0 Å². The molecule has 2 aromatic rings. The molecule has 1 aromatic heterocycles. The molecule has 0 aliphatic rings. The summed E-state index contributed by atoms with van der Waals surface area (Å²) in [5.41, 5.74) is 7.74. The van der Waals surface area contributed by atoms with Gasteiger partial charge in [0.25, 0.3) is 6.43 Å². The Kier molecular flexibility index (Phi) is 4.44. The van der Waals surface area contributed by atoms with Crippen molar-refractivity contribution in [2.24, 2.45) is 0 Å². The summed E-state index contributed by atoms with van der Waals surface area (Å²) >= 11 is 0. The quantitative estimate of drug-likeness (QED) is 0.906. The molecule has 0 saturated heterocycles. The van der Waals surface area contributed by atoms with Gasteiger partial charge >= 0.3 is 0 Å². The van der Waals surface area contributed by atoms with E-state index in [4.69, 9.17) is 5.73 Å². The van der Waals surface area contributed by atoms with Crippen LogP contribution in [-0.2, 0) is 11.8 Å². The van der Waals surface area contributed by atoms with Crippen molar-refractivity contribution in [1.82, 2.24) is 9.97 Å². The number of rotatable bonds is 3. The Morgan fingerprint density at radius 1 is 1.09 bits per heavy atom. The van der Waals surface area contributed by atoms with E-state index in [0.717, 1.165) is 5.56 Å². The molecule has 0 amide bonds. The van der Waals surface area contributed by atoms with Gasteiger partial charge in [-0.15, -0.1) is 0 Å². The van der Waals surface area contributed by atoms with Crippen LogP contribution in [0, 0.1) is 0 Å². The fourth-order valence-corrected chi connectivity index (χ4v) is 2.31. The molecule has 0 spiro atoms. The molecule has 0 aliphatic heterocycles. The molecule has 0 unspecified atom stereocenters. The number of aromatic nitrogens is 2. The summed E-state index contributed by atoms with van der Waals surface area (Å²) in [7, 11) is 0. The van der Waals surface area contributed by atoms with E-state index < -0.39 is 6.43 Å². The van der Waals surface area contributed by atoms with Crippen LogP contribution in [-0.4, -0.2) is 9.97 Å². The molecule has 2 N–H and O–H groups in total. The van der Waals surface area contributed by atoms with Crippen LogP contribution in [0.5, 0.6) is 0 Å². The van der Waals surface area contributed by atoms with E-state index in [0.29, 0.717) is 17.5 Å². The predicted molar refractivity (Wildman–Crippen MR) is 84.9 cm³/mol. The first-order valence-electron chi connectivity index (χ1n) is 7.29. The Morgan fingerprint density at radius 2 is 1.68 bits per heavy atom. The third kappa shape index (κ3) is 3.24. The van der Waals surface area contributed by atoms with Crippen LogP contribution in [0.1, 0.15) is 50.9 Å². The maximum absolute atomic E-state index is 13.2. The highest BCUT2D eigenvalue weighted by molar-refractivity contribution is 5.59. The lowest BCUT2D eigenvalue weighted by atomic mass is 9.86. The second-order valence-electron chi connectivity index (χ2n) is 6.28. The van der Waals surface area contributed by atoms with E-state index in [9.17, 15) is 8.78 Å². The molecule has 2 rings (SSSR count). The average molecular weight is 305 g/mol. The Morgan fingerprint density at radius 3 is 2.14 bits per heavy atom. The maximum atomic E-state index is 13.2.